The highest BCUT2D eigenvalue weighted by atomic mass is 19.1. The minimum atomic E-state index is -1.11. The molecule has 2 rings (SSSR count). The van der Waals surface area contributed by atoms with Crippen molar-refractivity contribution in [2.45, 2.75) is 19.1 Å². The average molecular weight is 255 g/mol. The van der Waals surface area contributed by atoms with Crippen LogP contribution in [0.1, 0.15) is 11.1 Å². The summed E-state index contributed by atoms with van der Waals surface area (Å²) in [7, 11) is 0. The summed E-state index contributed by atoms with van der Waals surface area (Å²) >= 11 is 0. The normalized spacial score (nSPS) is 15.2. The van der Waals surface area contributed by atoms with Gasteiger partial charge in [0, 0.05) is 12.0 Å². The van der Waals surface area contributed by atoms with Crippen molar-refractivity contribution in [2.75, 3.05) is 13.2 Å². The number of carbonyl (C=O) groups is 1. The van der Waals surface area contributed by atoms with Crippen LogP contribution in [0.3, 0.4) is 0 Å². The number of hydrogen-bond acceptors (Lipinski definition) is 4. The third-order valence-electron chi connectivity index (χ3n) is 2.69. The van der Waals surface area contributed by atoms with Gasteiger partial charge >= 0.3 is 5.97 Å². The predicted octanol–water partition coefficient (Wildman–Crippen LogP) is 0.882. The molecule has 0 saturated carbocycles. The molecule has 98 valence electrons. The molecule has 0 spiro atoms. The molecule has 1 aromatic carbocycles. The van der Waals surface area contributed by atoms with Gasteiger partial charge < -0.3 is 20.3 Å². The van der Waals surface area contributed by atoms with E-state index in [1.807, 2.05) is 0 Å². The van der Waals surface area contributed by atoms with Crippen LogP contribution in [0.4, 0.5) is 4.39 Å². The Morgan fingerprint density at radius 1 is 1.44 bits per heavy atom. The lowest BCUT2D eigenvalue weighted by atomic mass is 10.0. The van der Waals surface area contributed by atoms with Crippen molar-refractivity contribution in [2.24, 2.45) is 5.73 Å². The molecule has 18 heavy (non-hydrogen) atoms. The van der Waals surface area contributed by atoms with Gasteiger partial charge in [-0.3, -0.25) is 4.79 Å². The van der Waals surface area contributed by atoms with Crippen molar-refractivity contribution in [3.63, 3.8) is 0 Å². The number of nitrogens with two attached hydrogens (primary N) is 1. The first-order valence-electron chi connectivity index (χ1n) is 5.57. The molecule has 1 atom stereocenters. The Balaban J connectivity index is 2.34. The lowest BCUT2D eigenvalue weighted by Crippen LogP contribution is -2.32. The van der Waals surface area contributed by atoms with Crippen molar-refractivity contribution < 1.29 is 23.8 Å². The monoisotopic (exact) mass is 255 g/mol. The van der Waals surface area contributed by atoms with E-state index in [4.69, 9.17) is 20.3 Å². The van der Waals surface area contributed by atoms with Crippen molar-refractivity contribution in [1.82, 2.24) is 0 Å². The van der Waals surface area contributed by atoms with Crippen LogP contribution in [0.15, 0.2) is 12.1 Å². The molecule has 0 fully saturated rings. The van der Waals surface area contributed by atoms with E-state index in [0.29, 0.717) is 35.8 Å². The van der Waals surface area contributed by atoms with Crippen LogP contribution >= 0.6 is 0 Å². The van der Waals surface area contributed by atoms with Gasteiger partial charge in [-0.25, -0.2) is 4.39 Å². The van der Waals surface area contributed by atoms with E-state index < -0.39 is 18.7 Å². The smallest absolute Gasteiger partial charge is 0.320 e. The van der Waals surface area contributed by atoms with Crippen molar-refractivity contribution in [1.29, 1.82) is 0 Å². The van der Waals surface area contributed by atoms with E-state index in [-0.39, 0.29) is 6.42 Å². The van der Waals surface area contributed by atoms with Crippen LogP contribution in [-0.2, 0) is 17.9 Å². The summed E-state index contributed by atoms with van der Waals surface area (Å²) in [5.41, 5.74) is 6.47. The van der Waals surface area contributed by atoms with E-state index in [1.54, 1.807) is 12.1 Å². The summed E-state index contributed by atoms with van der Waals surface area (Å²) in [6, 6.07) is 2.08. The number of halogens is 1. The molecule has 1 aliphatic rings. The second-order valence-electron chi connectivity index (χ2n) is 4.06. The van der Waals surface area contributed by atoms with Gasteiger partial charge in [0.05, 0.1) is 0 Å². The fourth-order valence-corrected chi connectivity index (χ4v) is 1.84. The molecule has 1 aromatic rings. The number of carboxylic acid groups (broad SMARTS) is 1. The summed E-state index contributed by atoms with van der Waals surface area (Å²) < 4.78 is 23.5. The zero-order chi connectivity index (χ0) is 13.1. The van der Waals surface area contributed by atoms with Gasteiger partial charge in [-0.15, -0.1) is 0 Å². The number of carboxylic acids is 1. The maximum atomic E-state index is 12.7. The highest BCUT2D eigenvalue weighted by molar-refractivity contribution is 5.74. The Bertz CT molecular complexity index is 464. The van der Waals surface area contributed by atoms with Gasteiger partial charge in [-0.05, 0) is 17.7 Å². The number of hydrogen-bond donors (Lipinski definition) is 2. The van der Waals surface area contributed by atoms with Crippen LogP contribution in [0.5, 0.6) is 11.5 Å². The van der Waals surface area contributed by atoms with Crippen molar-refractivity contribution in [3.8, 4) is 11.5 Å². The lowest BCUT2D eigenvalue weighted by Gasteiger charge is -2.22. The Hall–Kier alpha value is -1.82. The molecule has 5 nitrogen and oxygen atoms in total. The first kappa shape index (κ1) is 12.6. The van der Waals surface area contributed by atoms with E-state index in [0.717, 1.165) is 0 Å². The molecule has 0 amide bonds. The highest BCUT2D eigenvalue weighted by Gasteiger charge is 2.21. The maximum Gasteiger partial charge on any atom is 0.320 e. The van der Waals surface area contributed by atoms with E-state index in [1.165, 1.54) is 0 Å². The number of fused-ring (bicyclic) bond motifs is 1. The summed E-state index contributed by atoms with van der Waals surface area (Å²) in [6.07, 6.45) is 0.0782. The molecule has 0 aromatic heterocycles. The van der Waals surface area contributed by atoms with E-state index in [9.17, 15) is 9.18 Å². The second-order valence-corrected chi connectivity index (χ2v) is 4.06. The van der Waals surface area contributed by atoms with Crippen LogP contribution in [0.2, 0.25) is 0 Å². The van der Waals surface area contributed by atoms with Crippen LogP contribution in [0.25, 0.3) is 0 Å². The van der Waals surface area contributed by atoms with Crippen molar-refractivity contribution >= 4 is 5.97 Å². The Morgan fingerprint density at radius 2 is 2.17 bits per heavy atom. The first-order valence-corrected chi connectivity index (χ1v) is 5.57. The predicted molar refractivity (Wildman–Crippen MR) is 61.6 cm³/mol. The molecule has 0 aliphatic carbocycles. The van der Waals surface area contributed by atoms with E-state index in [2.05, 4.69) is 0 Å². The summed E-state index contributed by atoms with van der Waals surface area (Å²) in [5.74, 6) is -0.190. The maximum absolute atomic E-state index is 12.7. The minimum absolute atomic E-state index is 0.0782. The molecule has 0 radical (unpaired) electrons. The van der Waals surface area contributed by atoms with Gasteiger partial charge in [-0.2, -0.15) is 0 Å². The Labute approximate surface area is 103 Å². The van der Waals surface area contributed by atoms with Crippen LogP contribution < -0.4 is 15.2 Å². The van der Waals surface area contributed by atoms with Gasteiger partial charge in [0.2, 0.25) is 0 Å². The minimum Gasteiger partial charge on any atom is -0.486 e. The number of ether oxygens (including phenoxy) is 2. The molecule has 0 bridgehead atoms. The zero-order valence-electron chi connectivity index (χ0n) is 9.69. The molecule has 3 N–H and O–H groups in total. The largest absolute Gasteiger partial charge is 0.486 e. The molecule has 0 saturated heterocycles. The zero-order valence-corrected chi connectivity index (χ0v) is 9.69. The fraction of sp³-hybridized carbons (Fsp3) is 0.417. The average Bonchev–Trinajstić information content (AvgIpc) is 2.38. The quantitative estimate of drug-likeness (QED) is 0.834. The van der Waals surface area contributed by atoms with Gasteiger partial charge in [0.1, 0.15) is 25.9 Å². The molecule has 1 unspecified atom stereocenters. The summed E-state index contributed by atoms with van der Waals surface area (Å²) in [4.78, 5) is 10.8. The highest BCUT2D eigenvalue weighted by Crippen LogP contribution is 2.36. The van der Waals surface area contributed by atoms with Crippen LogP contribution in [0, 0.1) is 0 Å². The number of rotatable bonds is 4. The lowest BCUT2D eigenvalue weighted by molar-refractivity contribution is -0.138. The van der Waals surface area contributed by atoms with Crippen molar-refractivity contribution in [3.05, 3.63) is 23.3 Å². The Morgan fingerprint density at radius 3 is 2.83 bits per heavy atom. The molecular weight excluding hydrogens is 241 g/mol. The summed E-state index contributed by atoms with van der Waals surface area (Å²) in [5, 5.41) is 8.80. The number of aliphatic carboxylic acids is 1. The Kier molecular flexibility index (Phi) is 3.66. The third-order valence-corrected chi connectivity index (χ3v) is 2.69. The SMILES string of the molecule is NC(Cc1cc(CF)cc2c1OCCO2)C(=O)O. The first-order chi connectivity index (χ1) is 8.61. The topological polar surface area (TPSA) is 81.8 Å². The van der Waals surface area contributed by atoms with Crippen LogP contribution in [-0.4, -0.2) is 30.3 Å². The summed E-state index contributed by atoms with van der Waals surface area (Å²) in [6.45, 7) is 0.135. The van der Waals surface area contributed by atoms with Gasteiger partial charge in [0.15, 0.2) is 11.5 Å². The van der Waals surface area contributed by atoms with E-state index >= 15 is 0 Å². The molecular formula is C12H14FNO4. The fourth-order valence-electron chi connectivity index (χ4n) is 1.84. The number of benzene rings is 1. The van der Waals surface area contributed by atoms with Gasteiger partial charge in [-0.1, -0.05) is 0 Å². The molecule has 1 heterocycles. The van der Waals surface area contributed by atoms with Gasteiger partial charge in [0.25, 0.3) is 0 Å². The molecule has 6 heteroatoms. The standard InChI is InChI=1S/C12H14FNO4/c13-6-7-3-8(5-9(14)12(15)16)11-10(4-7)17-1-2-18-11/h3-4,9H,1-2,5-6,14H2,(H,15,16). The molecule has 1 aliphatic heterocycles. The second kappa shape index (κ2) is 5.22. The third kappa shape index (κ3) is 2.53. The number of alkyl halides is 1.